The second-order valence-corrected chi connectivity index (χ2v) is 6.48. The monoisotopic (exact) mass is 424 g/mol. The number of nitrogens with one attached hydrogen (secondary N) is 2. The Morgan fingerprint density at radius 2 is 2.07 bits per heavy atom. The van der Waals surface area contributed by atoms with Gasteiger partial charge in [0.25, 0.3) is 5.91 Å². The lowest BCUT2D eigenvalue weighted by Gasteiger charge is -2.13. The van der Waals surface area contributed by atoms with Gasteiger partial charge in [0.1, 0.15) is 0 Å². The van der Waals surface area contributed by atoms with Crippen LogP contribution in [0.2, 0.25) is 0 Å². The van der Waals surface area contributed by atoms with E-state index in [0.717, 1.165) is 16.6 Å². The fraction of sp³-hybridized carbons (Fsp3) is 0.333. The molecular formula is C18H22Cl2N6O2. The molecule has 0 spiro atoms. The molecule has 150 valence electrons. The first-order chi connectivity index (χ1) is 12.6. The molecule has 2 aromatic heterocycles. The summed E-state index contributed by atoms with van der Waals surface area (Å²) in [6.45, 7) is 3.45. The number of aliphatic hydroxyl groups excluding tert-OH is 1. The van der Waals surface area contributed by atoms with Gasteiger partial charge in [0.2, 0.25) is 0 Å². The molecule has 0 radical (unpaired) electrons. The number of amides is 1. The normalized spacial score (nSPS) is 18.4. The maximum atomic E-state index is 12.5. The van der Waals surface area contributed by atoms with Gasteiger partial charge in [-0.05, 0) is 19.1 Å². The largest absolute Gasteiger partial charge is 0.391 e. The Morgan fingerprint density at radius 3 is 2.82 bits per heavy atom. The van der Waals surface area contributed by atoms with Crippen molar-refractivity contribution in [3.8, 4) is 5.69 Å². The van der Waals surface area contributed by atoms with Crippen molar-refractivity contribution in [3.63, 3.8) is 0 Å². The van der Waals surface area contributed by atoms with Crippen molar-refractivity contribution in [2.75, 3.05) is 19.6 Å². The minimum atomic E-state index is -0.436. The highest BCUT2D eigenvalue weighted by molar-refractivity contribution is 5.93. The minimum Gasteiger partial charge on any atom is -0.391 e. The van der Waals surface area contributed by atoms with Crippen molar-refractivity contribution >= 4 is 41.6 Å². The Hall–Kier alpha value is -2.26. The van der Waals surface area contributed by atoms with E-state index in [9.17, 15) is 9.90 Å². The lowest BCUT2D eigenvalue weighted by molar-refractivity contribution is 0.0921. The summed E-state index contributed by atoms with van der Waals surface area (Å²) in [4.78, 5) is 16.9. The molecule has 0 saturated carbocycles. The number of halogens is 2. The summed E-state index contributed by atoms with van der Waals surface area (Å²) < 4.78 is 1.64. The molecule has 4 rings (SSSR count). The lowest BCUT2D eigenvalue weighted by Crippen LogP contribution is -2.34. The third kappa shape index (κ3) is 4.10. The molecule has 2 atom stereocenters. The van der Waals surface area contributed by atoms with Gasteiger partial charge >= 0.3 is 0 Å². The van der Waals surface area contributed by atoms with Crippen LogP contribution in [0.3, 0.4) is 0 Å². The number of fused-ring (bicyclic) bond motifs is 1. The Balaban J connectivity index is 0.00000140. The molecule has 1 aliphatic heterocycles. The maximum absolute atomic E-state index is 12.5. The van der Waals surface area contributed by atoms with Crippen LogP contribution < -0.4 is 10.6 Å². The fourth-order valence-corrected chi connectivity index (χ4v) is 3.26. The Morgan fingerprint density at radius 1 is 1.29 bits per heavy atom. The van der Waals surface area contributed by atoms with Crippen LogP contribution in [0.15, 0.2) is 36.5 Å². The van der Waals surface area contributed by atoms with Crippen molar-refractivity contribution in [3.05, 3.63) is 47.9 Å². The molecule has 3 heterocycles. The zero-order chi connectivity index (χ0) is 18.1. The smallest absolute Gasteiger partial charge is 0.273 e. The highest BCUT2D eigenvalue weighted by atomic mass is 35.5. The van der Waals surface area contributed by atoms with Crippen molar-refractivity contribution in [1.82, 2.24) is 30.6 Å². The molecule has 8 nitrogen and oxygen atoms in total. The van der Waals surface area contributed by atoms with Gasteiger partial charge in [0.15, 0.2) is 5.69 Å². The molecule has 1 aliphatic rings. The minimum absolute atomic E-state index is 0. The van der Waals surface area contributed by atoms with E-state index in [2.05, 4.69) is 25.9 Å². The fourth-order valence-electron chi connectivity index (χ4n) is 3.26. The number of carbonyl (C=O) groups is 1. The van der Waals surface area contributed by atoms with Crippen LogP contribution >= 0.6 is 24.8 Å². The van der Waals surface area contributed by atoms with Crippen LogP contribution in [0.25, 0.3) is 16.6 Å². The van der Waals surface area contributed by atoms with Gasteiger partial charge in [-0.1, -0.05) is 23.4 Å². The predicted octanol–water partition coefficient (Wildman–Crippen LogP) is 1.28. The third-order valence-electron chi connectivity index (χ3n) is 4.78. The van der Waals surface area contributed by atoms with Crippen LogP contribution in [-0.4, -0.2) is 56.7 Å². The molecule has 1 aromatic carbocycles. The number of carbonyl (C=O) groups excluding carboxylic acids is 1. The van der Waals surface area contributed by atoms with Crippen LogP contribution in [0.4, 0.5) is 0 Å². The van der Waals surface area contributed by atoms with Gasteiger partial charge in [-0.3, -0.25) is 9.78 Å². The molecule has 2 unspecified atom stereocenters. The van der Waals surface area contributed by atoms with Crippen LogP contribution in [0.5, 0.6) is 0 Å². The zero-order valence-corrected chi connectivity index (χ0v) is 16.8. The first-order valence-electron chi connectivity index (χ1n) is 8.58. The van der Waals surface area contributed by atoms with Gasteiger partial charge in [-0.25, -0.2) is 4.68 Å². The molecule has 1 amide bonds. The van der Waals surface area contributed by atoms with Crippen LogP contribution in [0, 0.1) is 12.8 Å². The summed E-state index contributed by atoms with van der Waals surface area (Å²) in [5.41, 5.74) is 2.50. The van der Waals surface area contributed by atoms with Gasteiger partial charge < -0.3 is 15.7 Å². The Labute approximate surface area is 174 Å². The Bertz CT molecular complexity index is 959. The third-order valence-corrected chi connectivity index (χ3v) is 4.78. The second-order valence-electron chi connectivity index (χ2n) is 6.48. The van der Waals surface area contributed by atoms with E-state index in [1.165, 1.54) is 0 Å². The first-order valence-corrected chi connectivity index (χ1v) is 8.58. The number of hydrogen-bond donors (Lipinski definition) is 3. The molecule has 1 saturated heterocycles. The van der Waals surface area contributed by atoms with Crippen molar-refractivity contribution in [1.29, 1.82) is 0 Å². The van der Waals surface area contributed by atoms with Crippen molar-refractivity contribution < 1.29 is 9.90 Å². The molecule has 1 fully saturated rings. The van der Waals surface area contributed by atoms with E-state index >= 15 is 0 Å². The topological polar surface area (TPSA) is 105 Å². The molecular weight excluding hydrogens is 403 g/mol. The van der Waals surface area contributed by atoms with E-state index in [4.69, 9.17) is 0 Å². The molecule has 3 aromatic rings. The maximum Gasteiger partial charge on any atom is 0.273 e. The summed E-state index contributed by atoms with van der Waals surface area (Å²) in [5, 5.41) is 25.0. The molecule has 3 N–H and O–H groups in total. The molecule has 28 heavy (non-hydrogen) atoms. The van der Waals surface area contributed by atoms with E-state index in [1.54, 1.807) is 10.9 Å². The molecule has 0 aliphatic carbocycles. The lowest BCUT2D eigenvalue weighted by atomic mass is 10.1. The summed E-state index contributed by atoms with van der Waals surface area (Å²) in [5.74, 6) is -0.280. The van der Waals surface area contributed by atoms with E-state index < -0.39 is 6.10 Å². The second kappa shape index (κ2) is 9.29. The summed E-state index contributed by atoms with van der Waals surface area (Å²) >= 11 is 0. The number of aromatic nitrogens is 4. The molecule has 0 bridgehead atoms. The standard InChI is InChI=1S/C18H20N6O2.2ClH/c1-11-16(18(26)21-9-13-8-19-10-15(13)25)22-23-24(11)14-6-2-4-12-5-3-7-20-17(12)14;;/h2-7,13,15,19,25H,8-10H2,1H3,(H,21,26);2*1H. The number of nitrogens with zero attached hydrogens (tertiary/aromatic N) is 4. The number of para-hydroxylation sites is 1. The first kappa shape index (κ1) is 22.0. The van der Waals surface area contributed by atoms with E-state index in [1.807, 2.05) is 37.3 Å². The number of β-amino-alcohol motifs (C(OH)–C–C–N with tert-alkyl or cyclic N) is 1. The van der Waals surface area contributed by atoms with E-state index in [0.29, 0.717) is 25.3 Å². The van der Waals surface area contributed by atoms with Gasteiger partial charge in [0.05, 0.1) is 23.0 Å². The van der Waals surface area contributed by atoms with Gasteiger partial charge in [-0.2, -0.15) is 0 Å². The van der Waals surface area contributed by atoms with Gasteiger partial charge in [-0.15, -0.1) is 29.9 Å². The number of benzene rings is 1. The predicted molar refractivity (Wildman–Crippen MR) is 111 cm³/mol. The number of aliphatic hydroxyl groups is 1. The number of pyridine rings is 1. The summed E-state index contributed by atoms with van der Waals surface area (Å²) in [6, 6.07) is 9.67. The van der Waals surface area contributed by atoms with Gasteiger partial charge in [0, 0.05) is 37.1 Å². The zero-order valence-electron chi connectivity index (χ0n) is 15.2. The van der Waals surface area contributed by atoms with Crippen LogP contribution in [-0.2, 0) is 0 Å². The Kier molecular flexibility index (Phi) is 7.31. The number of hydrogen-bond acceptors (Lipinski definition) is 6. The van der Waals surface area contributed by atoms with Crippen molar-refractivity contribution in [2.45, 2.75) is 13.0 Å². The highest BCUT2D eigenvalue weighted by Crippen LogP contribution is 2.21. The molecule has 10 heteroatoms. The van der Waals surface area contributed by atoms with Crippen LogP contribution in [0.1, 0.15) is 16.2 Å². The van der Waals surface area contributed by atoms with Crippen molar-refractivity contribution in [2.24, 2.45) is 5.92 Å². The van der Waals surface area contributed by atoms with E-state index in [-0.39, 0.29) is 42.3 Å². The summed E-state index contributed by atoms with van der Waals surface area (Å²) in [7, 11) is 0. The average Bonchev–Trinajstić information content (AvgIpc) is 3.24. The SMILES string of the molecule is Cc1c(C(=O)NCC2CNCC2O)nnn1-c1cccc2cccnc12.Cl.Cl. The number of rotatable bonds is 4. The average molecular weight is 425 g/mol. The highest BCUT2D eigenvalue weighted by Gasteiger charge is 2.26. The quantitative estimate of drug-likeness (QED) is 0.582. The summed E-state index contributed by atoms with van der Waals surface area (Å²) in [6.07, 6.45) is 1.29.